The second kappa shape index (κ2) is 7.07. The first-order chi connectivity index (χ1) is 8.74. The first kappa shape index (κ1) is 13.8. The summed E-state index contributed by atoms with van der Waals surface area (Å²) >= 11 is 0. The SMILES string of the molecule is CC(=O)NCC1CN(CC2CCNCC2)CCO1. The molecule has 2 aliphatic rings. The number of morpholine rings is 1. The van der Waals surface area contributed by atoms with Gasteiger partial charge in [0.05, 0.1) is 12.7 Å². The first-order valence-electron chi connectivity index (χ1n) is 7.03. The summed E-state index contributed by atoms with van der Waals surface area (Å²) in [6.45, 7) is 8.45. The van der Waals surface area contributed by atoms with Gasteiger partial charge in [-0.15, -0.1) is 0 Å². The standard InChI is InChI=1S/C13H25N3O2/c1-11(17)15-8-13-10-16(6-7-18-13)9-12-2-4-14-5-3-12/h12-14H,2-10H2,1H3,(H,15,17). The second-order valence-corrected chi connectivity index (χ2v) is 5.38. The molecule has 2 N–H and O–H groups in total. The summed E-state index contributed by atoms with van der Waals surface area (Å²) < 4.78 is 5.68. The van der Waals surface area contributed by atoms with Gasteiger partial charge < -0.3 is 15.4 Å². The Morgan fingerprint density at radius 3 is 2.94 bits per heavy atom. The van der Waals surface area contributed by atoms with Crippen molar-refractivity contribution in [3.63, 3.8) is 0 Å². The Bertz CT molecular complexity index is 267. The highest BCUT2D eigenvalue weighted by atomic mass is 16.5. The molecule has 104 valence electrons. The predicted molar refractivity (Wildman–Crippen MR) is 70.5 cm³/mol. The molecule has 0 aromatic carbocycles. The molecule has 0 spiro atoms. The Morgan fingerprint density at radius 2 is 2.22 bits per heavy atom. The normalized spacial score (nSPS) is 27.1. The summed E-state index contributed by atoms with van der Waals surface area (Å²) in [7, 11) is 0. The molecule has 0 saturated carbocycles. The average molecular weight is 255 g/mol. The van der Waals surface area contributed by atoms with Crippen molar-refractivity contribution >= 4 is 5.91 Å². The number of amides is 1. The van der Waals surface area contributed by atoms with Crippen molar-refractivity contribution in [3.05, 3.63) is 0 Å². The topological polar surface area (TPSA) is 53.6 Å². The molecule has 2 heterocycles. The van der Waals surface area contributed by atoms with Crippen molar-refractivity contribution in [3.8, 4) is 0 Å². The molecule has 2 saturated heterocycles. The number of nitrogens with zero attached hydrogens (tertiary/aromatic N) is 1. The molecule has 2 aliphatic heterocycles. The van der Waals surface area contributed by atoms with Crippen LogP contribution in [0.4, 0.5) is 0 Å². The van der Waals surface area contributed by atoms with Crippen molar-refractivity contribution < 1.29 is 9.53 Å². The number of carbonyl (C=O) groups is 1. The van der Waals surface area contributed by atoms with Gasteiger partial charge in [0.15, 0.2) is 0 Å². The summed E-state index contributed by atoms with van der Waals surface area (Å²) in [5.41, 5.74) is 0. The third-order valence-electron chi connectivity index (χ3n) is 3.78. The van der Waals surface area contributed by atoms with Crippen molar-refractivity contribution in [2.45, 2.75) is 25.9 Å². The van der Waals surface area contributed by atoms with Crippen LogP contribution in [0.1, 0.15) is 19.8 Å². The van der Waals surface area contributed by atoms with Crippen LogP contribution in [0.15, 0.2) is 0 Å². The van der Waals surface area contributed by atoms with Gasteiger partial charge >= 0.3 is 0 Å². The maximum absolute atomic E-state index is 10.9. The molecule has 5 heteroatoms. The Hall–Kier alpha value is -0.650. The molecular formula is C13H25N3O2. The fourth-order valence-electron chi connectivity index (χ4n) is 2.76. The molecule has 0 aromatic heterocycles. The fourth-order valence-corrected chi connectivity index (χ4v) is 2.76. The summed E-state index contributed by atoms with van der Waals surface area (Å²) in [4.78, 5) is 13.4. The highest BCUT2D eigenvalue weighted by Gasteiger charge is 2.23. The molecule has 2 fully saturated rings. The minimum atomic E-state index is 0.0223. The number of hydrogen-bond donors (Lipinski definition) is 2. The molecule has 0 radical (unpaired) electrons. The van der Waals surface area contributed by atoms with E-state index in [1.165, 1.54) is 19.4 Å². The van der Waals surface area contributed by atoms with E-state index in [-0.39, 0.29) is 12.0 Å². The van der Waals surface area contributed by atoms with E-state index in [0.717, 1.165) is 38.7 Å². The quantitative estimate of drug-likeness (QED) is 0.732. The van der Waals surface area contributed by atoms with E-state index >= 15 is 0 Å². The third kappa shape index (κ3) is 4.55. The van der Waals surface area contributed by atoms with Gasteiger partial charge in [0.1, 0.15) is 0 Å². The van der Waals surface area contributed by atoms with Crippen LogP contribution in [0, 0.1) is 5.92 Å². The molecule has 2 rings (SSSR count). The van der Waals surface area contributed by atoms with Crippen LogP contribution in [0.2, 0.25) is 0 Å². The van der Waals surface area contributed by atoms with Gasteiger partial charge in [0, 0.05) is 33.1 Å². The molecule has 0 aromatic rings. The molecule has 1 unspecified atom stereocenters. The van der Waals surface area contributed by atoms with Crippen LogP contribution < -0.4 is 10.6 Å². The molecule has 5 nitrogen and oxygen atoms in total. The lowest BCUT2D eigenvalue weighted by molar-refractivity contribution is -0.120. The minimum absolute atomic E-state index is 0.0223. The van der Waals surface area contributed by atoms with Crippen molar-refractivity contribution in [1.82, 2.24) is 15.5 Å². The van der Waals surface area contributed by atoms with Gasteiger partial charge in [-0.2, -0.15) is 0 Å². The number of piperidine rings is 1. The molecule has 18 heavy (non-hydrogen) atoms. The van der Waals surface area contributed by atoms with Crippen molar-refractivity contribution in [2.24, 2.45) is 5.92 Å². The largest absolute Gasteiger partial charge is 0.374 e. The van der Waals surface area contributed by atoms with Gasteiger partial charge in [0.25, 0.3) is 0 Å². The molecule has 1 atom stereocenters. The number of rotatable bonds is 4. The van der Waals surface area contributed by atoms with Crippen LogP contribution in [0.3, 0.4) is 0 Å². The lowest BCUT2D eigenvalue weighted by Crippen LogP contribution is -2.49. The van der Waals surface area contributed by atoms with Crippen LogP contribution in [0.25, 0.3) is 0 Å². The Balaban J connectivity index is 1.70. The molecule has 0 bridgehead atoms. The Labute approximate surface area is 109 Å². The summed E-state index contributed by atoms with van der Waals surface area (Å²) in [6.07, 6.45) is 2.73. The minimum Gasteiger partial charge on any atom is -0.374 e. The number of hydrogen-bond acceptors (Lipinski definition) is 4. The maximum atomic E-state index is 10.9. The van der Waals surface area contributed by atoms with E-state index in [9.17, 15) is 4.79 Å². The van der Waals surface area contributed by atoms with Crippen LogP contribution in [0.5, 0.6) is 0 Å². The zero-order valence-electron chi connectivity index (χ0n) is 11.3. The van der Waals surface area contributed by atoms with Gasteiger partial charge in [-0.3, -0.25) is 9.69 Å². The Kier molecular flexibility index (Phi) is 5.41. The number of carbonyl (C=O) groups excluding carboxylic acids is 1. The summed E-state index contributed by atoms with van der Waals surface area (Å²) in [5.74, 6) is 0.847. The van der Waals surface area contributed by atoms with E-state index < -0.39 is 0 Å². The van der Waals surface area contributed by atoms with E-state index in [2.05, 4.69) is 15.5 Å². The Morgan fingerprint density at radius 1 is 1.44 bits per heavy atom. The highest BCUT2D eigenvalue weighted by Crippen LogP contribution is 2.15. The molecule has 1 amide bonds. The van der Waals surface area contributed by atoms with E-state index in [0.29, 0.717) is 6.54 Å². The van der Waals surface area contributed by atoms with E-state index in [1.807, 2.05) is 0 Å². The fraction of sp³-hybridized carbons (Fsp3) is 0.923. The van der Waals surface area contributed by atoms with Crippen LogP contribution in [-0.2, 0) is 9.53 Å². The summed E-state index contributed by atoms with van der Waals surface area (Å²) in [6, 6.07) is 0. The lowest BCUT2D eigenvalue weighted by atomic mass is 9.97. The van der Waals surface area contributed by atoms with Gasteiger partial charge in [-0.05, 0) is 31.8 Å². The number of nitrogens with one attached hydrogen (secondary N) is 2. The first-order valence-corrected chi connectivity index (χ1v) is 7.03. The number of ether oxygens (including phenoxy) is 1. The summed E-state index contributed by atoms with van der Waals surface area (Å²) in [5, 5.41) is 6.24. The second-order valence-electron chi connectivity index (χ2n) is 5.38. The van der Waals surface area contributed by atoms with Gasteiger partial charge in [-0.1, -0.05) is 0 Å². The lowest BCUT2D eigenvalue weighted by Gasteiger charge is -2.36. The zero-order valence-corrected chi connectivity index (χ0v) is 11.3. The highest BCUT2D eigenvalue weighted by molar-refractivity contribution is 5.72. The average Bonchev–Trinajstić information content (AvgIpc) is 2.38. The van der Waals surface area contributed by atoms with Crippen LogP contribution >= 0.6 is 0 Å². The predicted octanol–water partition coefficient (Wildman–Crippen LogP) is -0.177. The maximum Gasteiger partial charge on any atom is 0.216 e. The van der Waals surface area contributed by atoms with Gasteiger partial charge in [-0.25, -0.2) is 0 Å². The monoisotopic (exact) mass is 255 g/mol. The third-order valence-corrected chi connectivity index (χ3v) is 3.78. The van der Waals surface area contributed by atoms with Crippen LogP contribution in [-0.4, -0.2) is 62.8 Å². The van der Waals surface area contributed by atoms with Crippen molar-refractivity contribution in [1.29, 1.82) is 0 Å². The van der Waals surface area contributed by atoms with Crippen molar-refractivity contribution in [2.75, 3.05) is 45.9 Å². The van der Waals surface area contributed by atoms with E-state index in [4.69, 9.17) is 4.74 Å². The molecule has 0 aliphatic carbocycles. The molecular weight excluding hydrogens is 230 g/mol. The zero-order chi connectivity index (χ0) is 12.8. The smallest absolute Gasteiger partial charge is 0.216 e. The van der Waals surface area contributed by atoms with E-state index in [1.54, 1.807) is 6.92 Å². The van der Waals surface area contributed by atoms with Gasteiger partial charge in [0.2, 0.25) is 5.91 Å².